The number of nitrogens with one attached hydrogen (secondary N) is 1. The van der Waals surface area contributed by atoms with Crippen molar-refractivity contribution in [2.45, 2.75) is 0 Å². The van der Waals surface area contributed by atoms with E-state index in [9.17, 15) is 4.79 Å². The number of anilines is 1. The molecule has 0 aliphatic rings. The summed E-state index contributed by atoms with van der Waals surface area (Å²) in [6.45, 7) is -0.0699. The van der Waals surface area contributed by atoms with Crippen molar-refractivity contribution < 1.29 is 9.53 Å². The van der Waals surface area contributed by atoms with Gasteiger partial charge in [0.25, 0.3) is 5.91 Å². The van der Waals surface area contributed by atoms with Crippen LogP contribution in [0.2, 0.25) is 5.02 Å². The van der Waals surface area contributed by atoms with E-state index in [4.69, 9.17) is 16.3 Å². The number of hydrogen-bond donors (Lipinski definition) is 1. The number of carbonyl (C=O) groups is 1. The maximum absolute atomic E-state index is 12.0. The fourth-order valence-electron chi connectivity index (χ4n) is 2.20. The fourth-order valence-corrected chi connectivity index (χ4v) is 2.93. The minimum absolute atomic E-state index is 0.0699. The lowest BCUT2D eigenvalue weighted by molar-refractivity contribution is -0.118. The number of hydrogen-bond acceptors (Lipinski definition) is 2. The minimum Gasteiger partial charge on any atom is -0.483 e. The lowest BCUT2D eigenvalue weighted by Crippen LogP contribution is -2.20. The van der Waals surface area contributed by atoms with Gasteiger partial charge in [-0.3, -0.25) is 4.79 Å². The van der Waals surface area contributed by atoms with Crippen molar-refractivity contribution >= 4 is 49.9 Å². The van der Waals surface area contributed by atoms with Crippen LogP contribution in [0.1, 0.15) is 0 Å². The average molecular weight is 391 g/mol. The zero-order chi connectivity index (χ0) is 16.2. The van der Waals surface area contributed by atoms with Gasteiger partial charge in [-0.1, -0.05) is 41.9 Å². The second-order valence-electron chi connectivity index (χ2n) is 4.94. The molecular formula is C18H13BrClNO2. The van der Waals surface area contributed by atoms with E-state index in [0.717, 1.165) is 15.2 Å². The lowest BCUT2D eigenvalue weighted by Gasteiger charge is -2.10. The number of benzene rings is 3. The van der Waals surface area contributed by atoms with E-state index >= 15 is 0 Å². The molecule has 0 aliphatic heterocycles. The first-order valence-corrected chi connectivity index (χ1v) is 8.16. The van der Waals surface area contributed by atoms with Gasteiger partial charge in [0, 0.05) is 10.7 Å². The number of fused-ring (bicyclic) bond motifs is 1. The Labute approximate surface area is 147 Å². The van der Waals surface area contributed by atoms with Crippen molar-refractivity contribution in [2.75, 3.05) is 11.9 Å². The van der Waals surface area contributed by atoms with Crippen LogP contribution in [0.4, 0.5) is 5.69 Å². The summed E-state index contributed by atoms with van der Waals surface area (Å²) >= 11 is 9.35. The molecule has 1 N–H and O–H groups in total. The van der Waals surface area contributed by atoms with Gasteiger partial charge in [-0.05, 0) is 57.0 Å². The Balaban J connectivity index is 1.67. The van der Waals surface area contributed by atoms with Gasteiger partial charge in [-0.25, -0.2) is 0 Å². The quantitative estimate of drug-likeness (QED) is 0.659. The van der Waals surface area contributed by atoms with Gasteiger partial charge < -0.3 is 10.1 Å². The molecule has 0 fully saturated rings. The monoisotopic (exact) mass is 389 g/mol. The third-order valence-electron chi connectivity index (χ3n) is 3.31. The van der Waals surface area contributed by atoms with Gasteiger partial charge in [0.2, 0.25) is 0 Å². The van der Waals surface area contributed by atoms with Gasteiger partial charge in [-0.15, -0.1) is 0 Å². The number of ether oxygens (including phenoxy) is 1. The third kappa shape index (κ3) is 3.84. The summed E-state index contributed by atoms with van der Waals surface area (Å²) in [5, 5.41) is 5.54. The molecule has 5 heteroatoms. The van der Waals surface area contributed by atoms with Crippen LogP contribution in [0.15, 0.2) is 65.1 Å². The van der Waals surface area contributed by atoms with Crippen molar-refractivity contribution in [3.05, 3.63) is 70.2 Å². The van der Waals surface area contributed by atoms with E-state index in [1.807, 2.05) is 36.4 Å². The molecule has 0 unspecified atom stereocenters. The Morgan fingerprint density at radius 1 is 1.04 bits per heavy atom. The van der Waals surface area contributed by atoms with Crippen molar-refractivity contribution in [3.63, 3.8) is 0 Å². The second-order valence-corrected chi connectivity index (χ2v) is 6.17. The van der Waals surface area contributed by atoms with Crippen LogP contribution in [0, 0.1) is 0 Å². The highest BCUT2D eigenvalue weighted by Crippen LogP contribution is 2.32. The fraction of sp³-hybridized carbons (Fsp3) is 0.0556. The predicted octanol–water partition coefficient (Wildman–Crippen LogP) is 5.27. The first kappa shape index (κ1) is 15.8. The van der Waals surface area contributed by atoms with Crippen LogP contribution in [0.5, 0.6) is 5.75 Å². The summed E-state index contributed by atoms with van der Waals surface area (Å²) in [6, 6.07) is 18.7. The molecule has 3 aromatic rings. The summed E-state index contributed by atoms with van der Waals surface area (Å²) in [7, 11) is 0. The third-order valence-corrected chi connectivity index (χ3v) is 4.38. The van der Waals surface area contributed by atoms with Crippen molar-refractivity contribution in [3.8, 4) is 5.75 Å². The van der Waals surface area contributed by atoms with Gasteiger partial charge in [-0.2, -0.15) is 0 Å². The molecule has 3 rings (SSSR count). The smallest absolute Gasteiger partial charge is 0.262 e. The van der Waals surface area contributed by atoms with Gasteiger partial charge in [0.15, 0.2) is 6.61 Å². The molecule has 0 radical (unpaired) electrons. The Morgan fingerprint density at radius 3 is 2.57 bits per heavy atom. The molecule has 0 saturated heterocycles. The van der Waals surface area contributed by atoms with E-state index in [2.05, 4.69) is 21.2 Å². The van der Waals surface area contributed by atoms with Crippen molar-refractivity contribution in [2.24, 2.45) is 0 Å². The Bertz CT molecular complexity index is 849. The van der Waals surface area contributed by atoms with Gasteiger partial charge in [0.1, 0.15) is 5.75 Å². The highest BCUT2D eigenvalue weighted by Gasteiger charge is 2.09. The summed E-state index contributed by atoms with van der Waals surface area (Å²) in [5.41, 5.74) is 0.681. The molecule has 0 saturated carbocycles. The molecule has 116 valence electrons. The van der Waals surface area contributed by atoms with E-state index < -0.39 is 0 Å². The normalized spacial score (nSPS) is 10.5. The zero-order valence-electron chi connectivity index (χ0n) is 12.1. The van der Waals surface area contributed by atoms with Crippen LogP contribution in [0.25, 0.3) is 10.8 Å². The van der Waals surface area contributed by atoms with Gasteiger partial charge >= 0.3 is 0 Å². The van der Waals surface area contributed by atoms with E-state index in [0.29, 0.717) is 16.5 Å². The average Bonchev–Trinajstić information content (AvgIpc) is 2.57. The number of amides is 1. The molecule has 0 aliphatic carbocycles. The minimum atomic E-state index is -0.229. The standard InChI is InChI=1S/C18H13BrClNO2/c19-18-15-4-2-1-3-12(15)5-10-16(18)23-11-17(22)21-14-8-6-13(20)7-9-14/h1-10H,11H2,(H,21,22). The molecule has 23 heavy (non-hydrogen) atoms. The molecular weight excluding hydrogens is 378 g/mol. The molecule has 1 amide bonds. The highest BCUT2D eigenvalue weighted by atomic mass is 79.9. The van der Waals surface area contributed by atoms with E-state index in [1.54, 1.807) is 24.3 Å². The molecule has 3 nitrogen and oxygen atoms in total. The number of rotatable bonds is 4. The largest absolute Gasteiger partial charge is 0.483 e. The van der Waals surface area contributed by atoms with Crippen molar-refractivity contribution in [1.29, 1.82) is 0 Å². The molecule has 0 heterocycles. The molecule has 3 aromatic carbocycles. The molecule has 0 bridgehead atoms. The predicted molar refractivity (Wildman–Crippen MR) is 97.2 cm³/mol. The summed E-state index contributed by atoms with van der Waals surface area (Å²) in [6.07, 6.45) is 0. The first-order valence-electron chi connectivity index (χ1n) is 6.99. The summed E-state index contributed by atoms with van der Waals surface area (Å²) in [5.74, 6) is 0.405. The first-order chi connectivity index (χ1) is 11.1. The molecule has 0 spiro atoms. The maximum Gasteiger partial charge on any atom is 0.262 e. The number of carbonyl (C=O) groups excluding carboxylic acids is 1. The zero-order valence-corrected chi connectivity index (χ0v) is 14.4. The van der Waals surface area contributed by atoms with Crippen LogP contribution < -0.4 is 10.1 Å². The Kier molecular flexibility index (Phi) is 4.84. The molecule has 0 aromatic heterocycles. The summed E-state index contributed by atoms with van der Waals surface area (Å²) in [4.78, 5) is 12.0. The van der Waals surface area contributed by atoms with E-state index in [-0.39, 0.29) is 12.5 Å². The lowest BCUT2D eigenvalue weighted by atomic mass is 10.1. The number of halogens is 2. The topological polar surface area (TPSA) is 38.3 Å². The maximum atomic E-state index is 12.0. The van der Waals surface area contributed by atoms with Crippen LogP contribution in [-0.2, 0) is 4.79 Å². The van der Waals surface area contributed by atoms with Crippen LogP contribution >= 0.6 is 27.5 Å². The van der Waals surface area contributed by atoms with E-state index in [1.165, 1.54) is 0 Å². The van der Waals surface area contributed by atoms with Gasteiger partial charge in [0.05, 0.1) is 4.47 Å². The van der Waals surface area contributed by atoms with Crippen molar-refractivity contribution in [1.82, 2.24) is 0 Å². The Hall–Kier alpha value is -2.04. The highest BCUT2D eigenvalue weighted by molar-refractivity contribution is 9.10. The SMILES string of the molecule is O=C(COc1ccc2ccccc2c1Br)Nc1ccc(Cl)cc1. The molecule has 0 atom stereocenters. The second kappa shape index (κ2) is 7.02. The van der Waals surface area contributed by atoms with Crippen LogP contribution in [-0.4, -0.2) is 12.5 Å². The van der Waals surface area contributed by atoms with Crippen LogP contribution in [0.3, 0.4) is 0 Å². The summed E-state index contributed by atoms with van der Waals surface area (Å²) < 4.78 is 6.46. The Morgan fingerprint density at radius 2 is 1.78 bits per heavy atom.